The lowest BCUT2D eigenvalue weighted by Crippen LogP contribution is -2.48. The zero-order chi connectivity index (χ0) is 23.8. The summed E-state index contributed by atoms with van der Waals surface area (Å²) >= 11 is 0. The van der Waals surface area contributed by atoms with Gasteiger partial charge in [0.15, 0.2) is 5.82 Å². The van der Waals surface area contributed by atoms with E-state index in [0.717, 1.165) is 16.7 Å². The van der Waals surface area contributed by atoms with Gasteiger partial charge < -0.3 is 4.90 Å². The molecule has 3 aromatic rings. The SMILES string of the molecule is O=C(C=Cn1cnc(-c2cc(C(F)(F)F)cc(C(F)(F)F)c2)n1)N1CC(c2ccccn2)C1. The highest BCUT2D eigenvalue weighted by Crippen LogP contribution is 2.38. The van der Waals surface area contributed by atoms with E-state index in [0.29, 0.717) is 25.2 Å². The summed E-state index contributed by atoms with van der Waals surface area (Å²) in [6, 6.07) is 6.64. The summed E-state index contributed by atoms with van der Waals surface area (Å²) in [4.78, 5) is 21.9. The number of nitrogens with zero attached hydrogens (tertiary/aromatic N) is 5. The van der Waals surface area contributed by atoms with E-state index in [9.17, 15) is 31.1 Å². The lowest BCUT2D eigenvalue weighted by molar-refractivity contribution is -0.143. The van der Waals surface area contributed by atoms with Gasteiger partial charge in [-0.15, -0.1) is 5.10 Å². The first-order valence-electron chi connectivity index (χ1n) is 9.60. The van der Waals surface area contributed by atoms with Crippen LogP contribution in [0.15, 0.2) is 55.0 Å². The van der Waals surface area contributed by atoms with Crippen LogP contribution in [0.1, 0.15) is 22.7 Å². The molecule has 0 aliphatic carbocycles. The monoisotopic (exact) mass is 467 g/mol. The van der Waals surface area contributed by atoms with E-state index >= 15 is 0 Å². The molecule has 3 heterocycles. The number of likely N-dealkylation sites (tertiary alicyclic amines) is 1. The minimum Gasteiger partial charge on any atom is -0.338 e. The number of benzene rings is 1. The summed E-state index contributed by atoms with van der Waals surface area (Å²) in [7, 11) is 0. The average Bonchev–Trinajstić information content (AvgIpc) is 3.19. The Labute approximate surface area is 183 Å². The molecule has 1 fully saturated rings. The third kappa shape index (κ3) is 5.04. The van der Waals surface area contributed by atoms with E-state index in [1.54, 1.807) is 17.2 Å². The smallest absolute Gasteiger partial charge is 0.338 e. The van der Waals surface area contributed by atoms with E-state index in [1.165, 1.54) is 12.3 Å². The molecule has 0 radical (unpaired) electrons. The Bertz CT molecular complexity index is 1150. The van der Waals surface area contributed by atoms with Crippen LogP contribution in [0.25, 0.3) is 17.6 Å². The molecule has 0 atom stereocenters. The zero-order valence-electron chi connectivity index (χ0n) is 16.7. The summed E-state index contributed by atoms with van der Waals surface area (Å²) in [5, 5.41) is 3.87. The predicted octanol–water partition coefficient (Wildman–Crippen LogP) is 4.47. The van der Waals surface area contributed by atoms with Gasteiger partial charge in [0.1, 0.15) is 6.33 Å². The number of hydrogen-bond acceptors (Lipinski definition) is 4. The number of halogens is 6. The maximum atomic E-state index is 13.0. The van der Waals surface area contributed by atoms with Crippen molar-refractivity contribution < 1.29 is 31.1 Å². The van der Waals surface area contributed by atoms with Gasteiger partial charge in [-0.05, 0) is 30.3 Å². The van der Waals surface area contributed by atoms with Crippen LogP contribution in [-0.2, 0) is 17.1 Å². The highest BCUT2D eigenvalue weighted by molar-refractivity contribution is 5.90. The van der Waals surface area contributed by atoms with Crippen LogP contribution >= 0.6 is 0 Å². The first kappa shape index (κ1) is 22.5. The van der Waals surface area contributed by atoms with Crippen LogP contribution in [0, 0.1) is 0 Å². The molecule has 1 aliphatic rings. The predicted molar refractivity (Wildman–Crippen MR) is 104 cm³/mol. The van der Waals surface area contributed by atoms with Crippen molar-refractivity contribution in [1.82, 2.24) is 24.6 Å². The van der Waals surface area contributed by atoms with Crippen LogP contribution < -0.4 is 0 Å². The van der Waals surface area contributed by atoms with Crippen molar-refractivity contribution in [2.45, 2.75) is 18.3 Å². The van der Waals surface area contributed by atoms with Gasteiger partial charge in [0, 0.05) is 48.7 Å². The van der Waals surface area contributed by atoms with Crippen molar-refractivity contribution >= 4 is 12.1 Å². The van der Waals surface area contributed by atoms with E-state index in [4.69, 9.17) is 0 Å². The third-order valence-electron chi connectivity index (χ3n) is 5.02. The number of aromatic nitrogens is 4. The van der Waals surface area contributed by atoms with Crippen LogP contribution in [0.5, 0.6) is 0 Å². The number of pyridine rings is 1. The second-order valence-electron chi connectivity index (χ2n) is 7.35. The largest absolute Gasteiger partial charge is 0.416 e. The number of carbonyl (C=O) groups is 1. The number of hydrogen-bond donors (Lipinski definition) is 0. The fraction of sp³-hybridized carbons (Fsp3) is 0.238. The molecule has 33 heavy (non-hydrogen) atoms. The Kier molecular flexibility index (Phi) is 5.68. The van der Waals surface area contributed by atoms with Gasteiger partial charge in [-0.3, -0.25) is 9.78 Å². The van der Waals surface area contributed by atoms with Crippen molar-refractivity contribution in [2.75, 3.05) is 13.1 Å². The molecule has 0 N–H and O–H groups in total. The van der Waals surface area contributed by atoms with Gasteiger partial charge in [-0.25, -0.2) is 9.67 Å². The second-order valence-corrected chi connectivity index (χ2v) is 7.35. The highest BCUT2D eigenvalue weighted by Gasteiger charge is 2.37. The topological polar surface area (TPSA) is 63.9 Å². The molecule has 12 heteroatoms. The summed E-state index contributed by atoms with van der Waals surface area (Å²) in [5.74, 6) is -0.536. The lowest BCUT2D eigenvalue weighted by Gasteiger charge is -2.38. The van der Waals surface area contributed by atoms with Gasteiger partial charge in [0.25, 0.3) is 0 Å². The Morgan fingerprint density at radius 1 is 0.970 bits per heavy atom. The molecule has 1 aliphatic heterocycles. The number of amides is 1. The zero-order valence-corrected chi connectivity index (χ0v) is 16.7. The second kappa shape index (κ2) is 8.34. The fourth-order valence-electron chi connectivity index (χ4n) is 3.27. The molecule has 0 bridgehead atoms. The maximum Gasteiger partial charge on any atom is 0.416 e. The van der Waals surface area contributed by atoms with Gasteiger partial charge >= 0.3 is 12.4 Å². The van der Waals surface area contributed by atoms with E-state index in [2.05, 4.69) is 15.1 Å². The Hall–Kier alpha value is -3.70. The van der Waals surface area contributed by atoms with Gasteiger partial charge in [0.05, 0.1) is 11.1 Å². The van der Waals surface area contributed by atoms with Crippen molar-refractivity contribution in [3.8, 4) is 11.4 Å². The molecule has 0 unspecified atom stereocenters. The first-order valence-corrected chi connectivity index (χ1v) is 9.60. The number of carbonyl (C=O) groups excluding carboxylic acids is 1. The molecule has 4 rings (SSSR count). The van der Waals surface area contributed by atoms with Gasteiger partial charge in [0.2, 0.25) is 5.91 Å². The lowest BCUT2D eigenvalue weighted by atomic mass is 9.96. The Morgan fingerprint density at radius 2 is 1.64 bits per heavy atom. The third-order valence-corrected chi connectivity index (χ3v) is 5.02. The Balaban J connectivity index is 1.47. The van der Waals surface area contributed by atoms with E-state index in [1.807, 2.05) is 12.1 Å². The summed E-state index contributed by atoms with van der Waals surface area (Å²) in [6.07, 6.45) is -4.78. The molecular formula is C21H15F6N5O. The fourth-order valence-corrected chi connectivity index (χ4v) is 3.27. The molecule has 172 valence electrons. The van der Waals surface area contributed by atoms with Crippen molar-refractivity contribution in [3.05, 3.63) is 71.8 Å². The molecule has 0 saturated carbocycles. The van der Waals surface area contributed by atoms with Crippen LogP contribution in [-0.4, -0.2) is 43.6 Å². The van der Waals surface area contributed by atoms with Crippen molar-refractivity contribution in [3.63, 3.8) is 0 Å². The minimum atomic E-state index is -4.98. The standard InChI is InChI=1S/C21H15F6N5O/c22-20(23,24)15-7-13(8-16(9-15)21(25,26)27)19-29-12-32(30-19)6-4-18(33)31-10-14(11-31)17-3-1-2-5-28-17/h1-9,12,14H,10-11H2. The highest BCUT2D eigenvalue weighted by atomic mass is 19.4. The number of alkyl halides is 6. The maximum absolute atomic E-state index is 13.0. The molecule has 6 nitrogen and oxygen atoms in total. The normalized spacial score (nSPS) is 15.2. The quantitative estimate of drug-likeness (QED) is 0.420. The average molecular weight is 467 g/mol. The summed E-state index contributed by atoms with van der Waals surface area (Å²) in [6.45, 7) is 0.959. The molecule has 1 saturated heterocycles. The molecule has 2 aromatic heterocycles. The van der Waals surface area contributed by atoms with Crippen LogP contribution in [0.3, 0.4) is 0 Å². The minimum absolute atomic E-state index is 0.0321. The van der Waals surface area contributed by atoms with Crippen LogP contribution in [0.2, 0.25) is 0 Å². The first-order chi connectivity index (χ1) is 15.5. The molecular weight excluding hydrogens is 452 g/mol. The van der Waals surface area contributed by atoms with Crippen LogP contribution in [0.4, 0.5) is 26.3 Å². The van der Waals surface area contributed by atoms with Crippen molar-refractivity contribution in [1.29, 1.82) is 0 Å². The van der Waals surface area contributed by atoms with E-state index < -0.39 is 29.0 Å². The summed E-state index contributed by atoms with van der Waals surface area (Å²) in [5.41, 5.74) is -2.49. The molecule has 1 amide bonds. The Morgan fingerprint density at radius 3 is 2.21 bits per heavy atom. The number of rotatable bonds is 4. The van der Waals surface area contributed by atoms with Gasteiger partial charge in [-0.2, -0.15) is 26.3 Å². The van der Waals surface area contributed by atoms with Crippen molar-refractivity contribution in [2.24, 2.45) is 0 Å². The summed E-state index contributed by atoms with van der Waals surface area (Å²) < 4.78 is 79.3. The molecule has 0 spiro atoms. The van der Waals surface area contributed by atoms with Gasteiger partial charge in [-0.1, -0.05) is 6.07 Å². The van der Waals surface area contributed by atoms with E-state index in [-0.39, 0.29) is 23.7 Å². The molecule has 1 aromatic carbocycles.